The normalized spacial score (nSPS) is 11.1. The maximum absolute atomic E-state index is 12.3. The predicted molar refractivity (Wildman–Crippen MR) is 123 cm³/mol. The first kappa shape index (κ1) is 26.4. The van der Waals surface area contributed by atoms with Crippen molar-refractivity contribution >= 4 is 27.3 Å². The molecule has 0 heterocycles. The fraction of sp³-hybridized carbons (Fsp3) is 0.381. The number of nitrogens with zero attached hydrogens (tertiary/aromatic N) is 2. The fourth-order valence-electron chi connectivity index (χ4n) is 2.26. The van der Waals surface area contributed by atoms with Gasteiger partial charge in [0.05, 0.1) is 16.3 Å². The van der Waals surface area contributed by atoms with Gasteiger partial charge in [0.25, 0.3) is 0 Å². The molecule has 9 nitrogen and oxygen atoms in total. The monoisotopic (exact) mass is 448 g/mol. The Labute approximate surface area is 184 Å². The van der Waals surface area contributed by atoms with E-state index in [-0.39, 0.29) is 17.3 Å². The molecular formula is C21H32N6O3S. The van der Waals surface area contributed by atoms with E-state index in [1.807, 2.05) is 44.4 Å². The summed E-state index contributed by atoms with van der Waals surface area (Å²) in [5.41, 5.74) is 6.62. The standard InChI is InChI=1S/C19H25N5O3S.C2H7N/c20-13-4-8-19(25)21-14-5-15-22-28(26,27)18-11-9-17(10-12-18)24-23-16-6-2-1-3-7-16;1-3-2/h1-3,6-7,9-12,22H,4-5,8,13-15,20H2,(H,21,25);3H,1-2H3. The van der Waals surface area contributed by atoms with E-state index < -0.39 is 10.0 Å². The molecule has 0 radical (unpaired) electrons. The van der Waals surface area contributed by atoms with Crippen LogP contribution in [0.15, 0.2) is 69.7 Å². The molecule has 1 amide bonds. The molecule has 0 saturated heterocycles. The summed E-state index contributed by atoms with van der Waals surface area (Å²) in [4.78, 5) is 11.6. The van der Waals surface area contributed by atoms with Crippen LogP contribution in [0.3, 0.4) is 0 Å². The van der Waals surface area contributed by atoms with Gasteiger partial charge in [0, 0.05) is 19.5 Å². The lowest BCUT2D eigenvalue weighted by Gasteiger charge is -2.08. The van der Waals surface area contributed by atoms with Crippen LogP contribution in [0, 0.1) is 0 Å². The van der Waals surface area contributed by atoms with Gasteiger partial charge >= 0.3 is 0 Å². The van der Waals surface area contributed by atoms with Crippen LogP contribution in [0.5, 0.6) is 0 Å². The van der Waals surface area contributed by atoms with Gasteiger partial charge in [0.1, 0.15) is 0 Å². The first-order chi connectivity index (χ1) is 14.9. The van der Waals surface area contributed by atoms with Gasteiger partial charge in [-0.1, -0.05) is 18.2 Å². The van der Waals surface area contributed by atoms with Crippen LogP contribution in [0.2, 0.25) is 0 Å². The molecule has 0 atom stereocenters. The van der Waals surface area contributed by atoms with Gasteiger partial charge in [-0.05, 0) is 69.9 Å². The summed E-state index contributed by atoms with van der Waals surface area (Å²) in [6.45, 7) is 1.11. The highest BCUT2D eigenvalue weighted by Crippen LogP contribution is 2.19. The molecule has 10 heteroatoms. The molecule has 0 aliphatic heterocycles. The van der Waals surface area contributed by atoms with Gasteiger partial charge in [-0.3, -0.25) is 4.79 Å². The molecule has 2 aromatic rings. The number of rotatable bonds is 11. The van der Waals surface area contributed by atoms with E-state index >= 15 is 0 Å². The zero-order valence-electron chi connectivity index (χ0n) is 18.0. The predicted octanol–water partition coefficient (Wildman–Crippen LogP) is 2.46. The van der Waals surface area contributed by atoms with E-state index in [0.717, 1.165) is 5.69 Å². The lowest BCUT2D eigenvalue weighted by Crippen LogP contribution is -2.30. The highest BCUT2D eigenvalue weighted by Gasteiger charge is 2.13. The fourth-order valence-corrected chi connectivity index (χ4v) is 3.33. The minimum Gasteiger partial charge on any atom is -0.356 e. The van der Waals surface area contributed by atoms with Crippen LogP contribution in [-0.2, 0) is 14.8 Å². The number of nitrogens with one attached hydrogen (secondary N) is 3. The Balaban J connectivity index is 0.00000151. The number of sulfonamides is 1. The van der Waals surface area contributed by atoms with Crippen LogP contribution in [0.4, 0.5) is 11.4 Å². The third-order valence-corrected chi connectivity index (χ3v) is 5.24. The molecule has 5 N–H and O–H groups in total. The zero-order valence-corrected chi connectivity index (χ0v) is 18.9. The van der Waals surface area contributed by atoms with E-state index in [9.17, 15) is 13.2 Å². The number of benzene rings is 2. The minimum absolute atomic E-state index is 0.0754. The first-order valence-corrected chi connectivity index (χ1v) is 11.5. The molecule has 0 aliphatic rings. The average Bonchev–Trinajstić information content (AvgIpc) is 2.77. The van der Waals surface area contributed by atoms with Gasteiger partial charge in [0.15, 0.2) is 0 Å². The summed E-state index contributed by atoms with van der Waals surface area (Å²) in [5.74, 6) is -0.0754. The molecule has 0 aromatic heterocycles. The second kappa shape index (κ2) is 15.2. The van der Waals surface area contributed by atoms with E-state index in [1.54, 1.807) is 12.1 Å². The Morgan fingerprint density at radius 1 is 0.903 bits per heavy atom. The van der Waals surface area contributed by atoms with Crippen molar-refractivity contribution in [3.8, 4) is 0 Å². The molecule has 31 heavy (non-hydrogen) atoms. The molecule has 2 rings (SSSR count). The minimum atomic E-state index is -3.61. The second-order valence-corrected chi connectivity index (χ2v) is 8.29. The highest BCUT2D eigenvalue weighted by atomic mass is 32.2. The summed E-state index contributed by atoms with van der Waals surface area (Å²) in [7, 11) is 0.139. The van der Waals surface area contributed by atoms with Gasteiger partial charge in [-0.15, -0.1) is 0 Å². The van der Waals surface area contributed by atoms with Crippen molar-refractivity contribution in [2.24, 2.45) is 16.0 Å². The number of hydrogen-bond acceptors (Lipinski definition) is 7. The molecule has 0 spiro atoms. The molecule has 0 fully saturated rings. The van der Waals surface area contributed by atoms with Crippen molar-refractivity contribution in [3.63, 3.8) is 0 Å². The number of amides is 1. The van der Waals surface area contributed by atoms with E-state index in [1.165, 1.54) is 12.1 Å². The third kappa shape index (κ3) is 11.3. The van der Waals surface area contributed by atoms with E-state index in [4.69, 9.17) is 5.73 Å². The smallest absolute Gasteiger partial charge is 0.240 e. The number of azo groups is 1. The van der Waals surface area contributed by atoms with Crippen molar-refractivity contribution < 1.29 is 13.2 Å². The van der Waals surface area contributed by atoms with Crippen molar-refractivity contribution in [3.05, 3.63) is 54.6 Å². The lowest BCUT2D eigenvalue weighted by molar-refractivity contribution is -0.121. The van der Waals surface area contributed by atoms with E-state index in [0.29, 0.717) is 38.0 Å². The quantitative estimate of drug-likeness (QED) is 0.309. The molecule has 170 valence electrons. The van der Waals surface area contributed by atoms with Gasteiger partial charge < -0.3 is 16.4 Å². The van der Waals surface area contributed by atoms with Gasteiger partial charge in [-0.2, -0.15) is 10.2 Å². The molecular weight excluding hydrogens is 416 g/mol. The van der Waals surface area contributed by atoms with Crippen LogP contribution in [0.1, 0.15) is 19.3 Å². The van der Waals surface area contributed by atoms with E-state index in [2.05, 4.69) is 25.6 Å². The summed E-state index contributed by atoms with van der Waals surface area (Å²) in [6, 6.07) is 15.4. The van der Waals surface area contributed by atoms with Crippen LogP contribution in [0.25, 0.3) is 0 Å². The van der Waals surface area contributed by atoms with Crippen molar-refractivity contribution in [2.45, 2.75) is 24.2 Å². The Morgan fingerprint density at radius 3 is 2.06 bits per heavy atom. The van der Waals surface area contributed by atoms with Crippen LogP contribution >= 0.6 is 0 Å². The first-order valence-electron chi connectivity index (χ1n) is 10.0. The second-order valence-electron chi connectivity index (χ2n) is 6.52. The SMILES string of the molecule is CNC.NCCCC(=O)NCCCNS(=O)(=O)c1ccc(N=Nc2ccccc2)cc1. The number of carbonyl (C=O) groups excluding carboxylic acids is 1. The lowest BCUT2D eigenvalue weighted by atomic mass is 10.3. The summed E-state index contributed by atoms with van der Waals surface area (Å²) < 4.78 is 27.1. The largest absolute Gasteiger partial charge is 0.356 e. The Morgan fingerprint density at radius 2 is 1.48 bits per heavy atom. The van der Waals surface area contributed by atoms with Gasteiger partial charge in [-0.25, -0.2) is 13.1 Å². The number of nitrogens with two attached hydrogens (primary N) is 1. The third-order valence-electron chi connectivity index (χ3n) is 3.76. The Kier molecular flexibility index (Phi) is 12.9. The van der Waals surface area contributed by atoms with Crippen molar-refractivity contribution in [2.75, 3.05) is 33.7 Å². The maximum atomic E-state index is 12.3. The average molecular weight is 449 g/mol. The summed E-state index contributed by atoms with van der Waals surface area (Å²) in [6.07, 6.45) is 1.52. The molecule has 2 aromatic carbocycles. The summed E-state index contributed by atoms with van der Waals surface area (Å²) >= 11 is 0. The number of carbonyl (C=O) groups is 1. The van der Waals surface area contributed by atoms with Crippen LogP contribution < -0.4 is 21.1 Å². The Bertz CT molecular complexity index is 887. The maximum Gasteiger partial charge on any atom is 0.240 e. The number of hydrogen-bond donors (Lipinski definition) is 4. The van der Waals surface area contributed by atoms with Crippen LogP contribution in [-0.4, -0.2) is 48.1 Å². The summed E-state index contributed by atoms with van der Waals surface area (Å²) in [5, 5.41) is 13.7. The van der Waals surface area contributed by atoms with Gasteiger partial charge in [0.2, 0.25) is 15.9 Å². The highest BCUT2D eigenvalue weighted by molar-refractivity contribution is 7.89. The molecule has 0 aliphatic carbocycles. The molecule has 0 bridgehead atoms. The van der Waals surface area contributed by atoms with Crippen molar-refractivity contribution in [1.29, 1.82) is 0 Å². The molecule has 0 unspecified atom stereocenters. The molecule has 0 saturated carbocycles. The zero-order chi connectivity index (χ0) is 23.0. The Hall–Kier alpha value is -2.66. The van der Waals surface area contributed by atoms with Crippen molar-refractivity contribution in [1.82, 2.24) is 15.4 Å². The topological polar surface area (TPSA) is 138 Å².